The molecule has 0 aliphatic rings. The number of rotatable bonds is 7. The second-order valence-corrected chi connectivity index (χ2v) is 3.03. The molecule has 0 saturated carbocycles. The summed E-state index contributed by atoms with van der Waals surface area (Å²) in [6, 6.07) is 0. The Kier molecular flexibility index (Phi) is 6.24. The van der Waals surface area contributed by atoms with Crippen molar-refractivity contribution in [1.29, 1.82) is 0 Å². The summed E-state index contributed by atoms with van der Waals surface area (Å²) in [5.74, 6) is -2.00. The average Bonchev–Trinajstić information content (AvgIpc) is 2.28. The molecule has 0 aromatic rings. The van der Waals surface area contributed by atoms with Crippen molar-refractivity contribution >= 4 is 11.9 Å². The van der Waals surface area contributed by atoms with Crippen molar-refractivity contribution in [2.24, 2.45) is 5.73 Å². The second kappa shape index (κ2) is 6.89. The molecule has 0 spiro atoms. The van der Waals surface area contributed by atoms with E-state index in [1.807, 2.05) is 0 Å². The topological polar surface area (TPSA) is 98.9 Å². The van der Waals surface area contributed by atoms with E-state index in [4.69, 9.17) is 15.6 Å². The van der Waals surface area contributed by atoms with Gasteiger partial charge >= 0.3 is 11.9 Å². The molecule has 0 rings (SSSR count). The average molecular weight is 229 g/mol. The van der Waals surface area contributed by atoms with E-state index in [1.54, 1.807) is 0 Å². The van der Waals surface area contributed by atoms with Gasteiger partial charge in [0.25, 0.3) is 0 Å². The lowest BCUT2D eigenvalue weighted by molar-refractivity contribution is -0.163. The predicted molar refractivity (Wildman–Crippen MR) is 56.3 cm³/mol. The number of carbonyl (C=O) groups is 2. The molecule has 1 atom stereocenters. The minimum absolute atomic E-state index is 0.168. The highest BCUT2D eigenvalue weighted by atomic mass is 16.6. The van der Waals surface area contributed by atoms with Crippen LogP contribution in [0.2, 0.25) is 0 Å². The van der Waals surface area contributed by atoms with Crippen molar-refractivity contribution in [3.8, 4) is 0 Å². The van der Waals surface area contributed by atoms with E-state index in [0.29, 0.717) is 0 Å². The predicted octanol–water partition coefficient (Wildman–Crippen LogP) is -0.865. The van der Waals surface area contributed by atoms with Crippen molar-refractivity contribution in [1.82, 2.24) is 0 Å². The lowest BCUT2D eigenvalue weighted by Crippen LogP contribution is -2.56. The summed E-state index contributed by atoms with van der Waals surface area (Å²) in [5, 5.41) is 8.97. The first kappa shape index (κ1) is 14.5. The normalized spacial score (nSPS) is 13.6. The van der Waals surface area contributed by atoms with Gasteiger partial charge in [-0.2, -0.15) is 0 Å². The zero-order chi connectivity index (χ0) is 12.6. The molecule has 6 heteroatoms. The molecule has 0 aliphatic carbocycles. The van der Waals surface area contributed by atoms with E-state index in [2.05, 4.69) is 17.9 Å². The van der Waals surface area contributed by atoms with Crippen LogP contribution in [0.5, 0.6) is 0 Å². The second-order valence-electron chi connectivity index (χ2n) is 3.03. The molecule has 0 radical (unpaired) electrons. The lowest BCUT2D eigenvalue weighted by atomic mass is 10.0. The molecule has 16 heavy (non-hydrogen) atoms. The van der Waals surface area contributed by atoms with Gasteiger partial charge in [-0.05, 0) is 0 Å². The molecule has 6 nitrogen and oxygen atoms in total. The van der Waals surface area contributed by atoms with Crippen molar-refractivity contribution in [2.45, 2.75) is 5.54 Å². The first-order valence-corrected chi connectivity index (χ1v) is 4.47. The smallest absolute Gasteiger partial charge is 0.338 e. The summed E-state index contributed by atoms with van der Waals surface area (Å²) < 4.78 is 9.23. The van der Waals surface area contributed by atoms with Crippen LogP contribution < -0.4 is 5.73 Å². The van der Waals surface area contributed by atoms with Crippen LogP contribution in [0.15, 0.2) is 25.3 Å². The maximum Gasteiger partial charge on any atom is 0.338 e. The third kappa shape index (κ3) is 4.35. The summed E-state index contributed by atoms with van der Waals surface area (Å²) in [6.45, 7) is 5.71. The molecule has 0 unspecified atom stereocenters. The Morgan fingerprint density at radius 1 is 1.44 bits per heavy atom. The van der Waals surface area contributed by atoms with E-state index in [-0.39, 0.29) is 13.2 Å². The minimum Gasteiger partial charge on any atom is -0.394 e. The highest BCUT2D eigenvalue weighted by molar-refractivity contribution is 5.95. The number of hydrogen-bond acceptors (Lipinski definition) is 6. The fourth-order valence-electron chi connectivity index (χ4n) is 0.728. The van der Waals surface area contributed by atoms with Crippen LogP contribution in [0.1, 0.15) is 0 Å². The third-order valence-electron chi connectivity index (χ3n) is 1.64. The van der Waals surface area contributed by atoms with Crippen LogP contribution in [0, 0.1) is 0 Å². The zero-order valence-electron chi connectivity index (χ0n) is 8.85. The summed E-state index contributed by atoms with van der Waals surface area (Å²) in [7, 11) is 0. The zero-order valence-corrected chi connectivity index (χ0v) is 8.85. The molecule has 3 N–H and O–H groups in total. The molecule has 0 saturated heterocycles. The fraction of sp³-hybridized carbons (Fsp3) is 0.400. The third-order valence-corrected chi connectivity index (χ3v) is 1.64. The van der Waals surface area contributed by atoms with Gasteiger partial charge in [0.15, 0.2) is 5.54 Å². The number of hydrogen-bond donors (Lipinski definition) is 2. The highest BCUT2D eigenvalue weighted by Gasteiger charge is 2.36. The van der Waals surface area contributed by atoms with Crippen LogP contribution in [0.25, 0.3) is 0 Å². The Bertz CT molecular complexity index is 289. The van der Waals surface area contributed by atoms with Crippen molar-refractivity contribution in [3.63, 3.8) is 0 Å². The number of esters is 2. The summed E-state index contributed by atoms with van der Waals surface area (Å²) in [5.41, 5.74) is 3.75. The minimum atomic E-state index is -1.76. The summed E-state index contributed by atoms with van der Waals surface area (Å²) in [6.07, 6.45) is 2.28. The molecule has 90 valence electrons. The van der Waals surface area contributed by atoms with Gasteiger partial charge < -0.3 is 20.3 Å². The molecular formula is C10H15NO5. The van der Waals surface area contributed by atoms with Gasteiger partial charge in [-0.15, -0.1) is 6.58 Å². The SMILES string of the molecule is C=CCOC[C@](N)(CO)C(=O)OC(=O)C=C. The van der Waals surface area contributed by atoms with Gasteiger partial charge in [-0.1, -0.05) is 12.7 Å². The Morgan fingerprint density at radius 3 is 2.50 bits per heavy atom. The van der Waals surface area contributed by atoms with Crippen LogP contribution >= 0.6 is 0 Å². The quantitative estimate of drug-likeness (QED) is 0.194. The number of carbonyl (C=O) groups excluding carboxylic acids is 2. The fourth-order valence-corrected chi connectivity index (χ4v) is 0.728. The number of aliphatic hydroxyl groups is 1. The largest absolute Gasteiger partial charge is 0.394 e. The monoisotopic (exact) mass is 229 g/mol. The molecule has 0 bridgehead atoms. The van der Waals surface area contributed by atoms with E-state index in [9.17, 15) is 9.59 Å². The lowest BCUT2D eigenvalue weighted by Gasteiger charge is -2.23. The van der Waals surface area contributed by atoms with E-state index in [0.717, 1.165) is 6.08 Å². The van der Waals surface area contributed by atoms with E-state index in [1.165, 1.54) is 6.08 Å². The Balaban J connectivity index is 4.42. The van der Waals surface area contributed by atoms with Crippen LogP contribution in [-0.2, 0) is 19.1 Å². The molecule has 0 heterocycles. The molecule has 0 fully saturated rings. The van der Waals surface area contributed by atoms with Gasteiger partial charge in [-0.25, -0.2) is 9.59 Å². The standard InChI is InChI=1S/C10H15NO5/c1-3-5-15-7-10(11,6-12)9(14)16-8(13)4-2/h3-4,12H,1-2,5-7,11H2/t10-/m1/s1. The first-order chi connectivity index (χ1) is 7.50. The summed E-state index contributed by atoms with van der Waals surface area (Å²) in [4.78, 5) is 22.1. The molecule has 0 aliphatic heterocycles. The Morgan fingerprint density at radius 2 is 2.06 bits per heavy atom. The molecule has 0 aromatic carbocycles. The van der Waals surface area contributed by atoms with Gasteiger partial charge in [0.2, 0.25) is 0 Å². The summed E-state index contributed by atoms with van der Waals surface area (Å²) >= 11 is 0. The van der Waals surface area contributed by atoms with Crippen LogP contribution in [0.3, 0.4) is 0 Å². The van der Waals surface area contributed by atoms with Crippen molar-refractivity contribution in [3.05, 3.63) is 25.3 Å². The first-order valence-electron chi connectivity index (χ1n) is 4.47. The van der Waals surface area contributed by atoms with Crippen molar-refractivity contribution < 1.29 is 24.2 Å². The van der Waals surface area contributed by atoms with E-state index < -0.39 is 24.1 Å². The van der Waals surface area contributed by atoms with Crippen LogP contribution in [0.4, 0.5) is 0 Å². The Labute approximate surface area is 93.3 Å². The maximum atomic E-state index is 11.4. The highest BCUT2D eigenvalue weighted by Crippen LogP contribution is 2.04. The van der Waals surface area contributed by atoms with Gasteiger partial charge in [0.1, 0.15) is 0 Å². The molecule has 0 amide bonds. The molecule has 0 aromatic heterocycles. The number of nitrogens with two attached hydrogens (primary N) is 1. The number of aliphatic hydroxyl groups excluding tert-OH is 1. The van der Waals surface area contributed by atoms with Gasteiger partial charge in [0.05, 0.1) is 19.8 Å². The number of ether oxygens (including phenoxy) is 2. The van der Waals surface area contributed by atoms with Crippen LogP contribution in [-0.4, -0.2) is 42.4 Å². The Hall–Kier alpha value is -1.50. The van der Waals surface area contributed by atoms with Gasteiger partial charge in [-0.3, -0.25) is 0 Å². The van der Waals surface area contributed by atoms with Crippen molar-refractivity contribution in [2.75, 3.05) is 19.8 Å². The van der Waals surface area contributed by atoms with Gasteiger partial charge in [0, 0.05) is 6.08 Å². The maximum absolute atomic E-state index is 11.4. The van der Waals surface area contributed by atoms with E-state index >= 15 is 0 Å². The molecular weight excluding hydrogens is 214 g/mol.